The average molecular weight is 207 g/mol. The molecule has 6 heteroatoms. The van der Waals surface area contributed by atoms with Gasteiger partial charge < -0.3 is 15.6 Å². The molecule has 0 aliphatic heterocycles. The quantitative estimate of drug-likeness (QED) is 0.459. The van der Waals surface area contributed by atoms with Gasteiger partial charge in [-0.1, -0.05) is 0 Å². The molecule has 0 radical (unpaired) electrons. The van der Waals surface area contributed by atoms with Gasteiger partial charge in [0.05, 0.1) is 13.5 Å². The van der Waals surface area contributed by atoms with Gasteiger partial charge in [-0.05, 0) is 0 Å². The molecule has 0 saturated carbocycles. The van der Waals surface area contributed by atoms with Crippen LogP contribution in [0.2, 0.25) is 0 Å². The molecule has 5 nitrogen and oxygen atoms in total. The number of ether oxygens (including phenoxy) is 1. The summed E-state index contributed by atoms with van der Waals surface area (Å²) < 4.78 is 4.40. The molecule has 0 heterocycles. The maximum atomic E-state index is 10.6. The number of carbonyl (C=O) groups is 2. The second kappa shape index (κ2) is 6.73. The van der Waals surface area contributed by atoms with Crippen molar-refractivity contribution < 1.29 is 19.4 Å². The van der Waals surface area contributed by atoms with Gasteiger partial charge in [-0.3, -0.25) is 9.59 Å². The van der Waals surface area contributed by atoms with Crippen molar-refractivity contribution in [1.29, 1.82) is 0 Å². The van der Waals surface area contributed by atoms with E-state index in [1.54, 1.807) is 0 Å². The van der Waals surface area contributed by atoms with Crippen molar-refractivity contribution in [2.75, 3.05) is 18.6 Å². The smallest absolute Gasteiger partial charge is 0.321 e. The van der Waals surface area contributed by atoms with E-state index in [4.69, 9.17) is 10.8 Å². The number of hydrogen-bond acceptors (Lipinski definition) is 5. The van der Waals surface area contributed by atoms with Crippen LogP contribution in [0.3, 0.4) is 0 Å². The van der Waals surface area contributed by atoms with E-state index < -0.39 is 12.0 Å². The zero-order valence-corrected chi connectivity index (χ0v) is 8.17. The molecule has 1 atom stereocenters. The first-order valence-corrected chi connectivity index (χ1v) is 4.86. The SMILES string of the molecule is COC(=O)CCSCC(N)C(=O)O. The first-order valence-electron chi connectivity index (χ1n) is 3.71. The van der Waals surface area contributed by atoms with Crippen molar-refractivity contribution in [3.8, 4) is 0 Å². The van der Waals surface area contributed by atoms with E-state index in [1.807, 2.05) is 0 Å². The van der Waals surface area contributed by atoms with Gasteiger partial charge in [0.25, 0.3) is 0 Å². The lowest BCUT2D eigenvalue weighted by atomic mass is 10.4. The van der Waals surface area contributed by atoms with Crippen LogP contribution in [-0.4, -0.2) is 41.7 Å². The van der Waals surface area contributed by atoms with E-state index >= 15 is 0 Å². The average Bonchev–Trinajstić information content (AvgIpc) is 2.11. The van der Waals surface area contributed by atoms with Crippen LogP contribution in [0.25, 0.3) is 0 Å². The highest BCUT2D eigenvalue weighted by Gasteiger charge is 2.11. The molecule has 0 rings (SSSR count). The highest BCUT2D eigenvalue weighted by atomic mass is 32.2. The van der Waals surface area contributed by atoms with Gasteiger partial charge >= 0.3 is 11.9 Å². The number of nitrogens with two attached hydrogens (primary N) is 1. The molecular formula is C7H13NO4S. The molecule has 0 aromatic heterocycles. The molecule has 0 spiro atoms. The van der Waals surface area contributed by atoms with Gasteiger partial charge in [-0.15, -0.1) is 0 Å². The van der Waals surface area contributed by atoms with E-state index in [-0.39, 0.29) is 12.4 Å². The Labute approximate surface area is 80.6 Å². The van der Waals surface area contributed by atoms with Gasteiger partial charge in [0.1, 0.15) is 6.04 Å². The summed E-state index contributed by atoms with van der Waals surface area (Å²) >= 11 is 1.33. The van der Waals surface area contributed by atoms with Gasteiger partial charge in [0.15, 0.2) is 0 Å². The van der Waals surface area contributed by atoms with Crippen molar-refractivity contribution in [1.82, 2.24) is 0 Å². The highest BCUT2D eigenvalue weighted by Crippen LogP contribution is 2.04. The molecule has 0 aliphatic rings. The molecule has 76 valence electrons. The molecule has 0 amide bonds. The Balaban J connectivity index is 3.35. The predicted molar refractivity (Wildman–Crippen MR) is 49.6 cm³/mol. The molecule has 0 fully saturated rings. The number of carboxylic acid groups (broad SMARTS) is 1. The molecule has 0 aromatic carbocycles. The van der Waals surface area contributed by atoms with Crippen molar-refractivity contribution in [2.45, 2.75) is 12.5 Å². The number of carbonyl (C=O) groups excluding carboxylic acids is 1. The molecule has 3 N–H and O–H groups in total. The summed E-state index contributed by atoms with van der Waals surface area (Å²) in [5.74, 6) is -0.470. The first kappa shape index (κ1) is 12.2. The lowest BCUT2D eigenvalue weighted by Crippen LogP contribution is -2.32. The number of rotatable bonds is 6. The van der Waals surface area contributed by atoms with Crippen LogP contribution in [0.1, 0.15) is 6.42 Å². The monoisotopic (exact) mass is 207 g/mol. The molecule has 1 unspecified atom stereocenters. The Bertz CT molecular complexity index is 185. The summed E-state index contributed by atoms with van der Waals surface area (Å²) in [4.78, 5) is 20.9. The lowest BCUT2D eigenvalue weighted by molar-refractivity contribution is -0.140. The lowest BCUT2D eigenvalue weighted by Gasteiger charge is -2.04. The van der Waals surface area contributed by atoms with Crippen molar-refractivity contribution >= 4 is 23.7 Å². The molecule has 0 aliphatic carbocycles. The Morgan fingerprint density at radius 1 is 1.62 bits per heavy atom. The molecular weight excluding hydrogens is 194 g/mol. The number of aliphatic carboxylic acids is 1. The maximum absolute atomic E-state index is 10.6. The normalized spacial score (nSPS) is 12.2. The van der Waals surface area contributed by atoms with Gasteiger partial charge in [-0.2, -0.15) is 11.8 Å². The van der Waals surface area contributed by atoms with Gasteiger partial charge in [0.2, 0.25) is 0 Å². The summed E-state index contributed by atoms with van der Waals surface area (Å²) in [7, 11) is 1.32. The third kappa shape index (κ3) is 6.41. The van der Waals surface area contributed by atoms with Crippen LogP contribution in [0.4, 0.5) is 0 Å². The number of methoxy groups -OCH3 is 1. The van der Waals surface area contributed by atoms with Crippen molar-refractivity contribution in [3.63, 3.8) is 0 Å². The minimum Gasteiger partial charge on any atom is -0.480 e. The minimum absolute atomic E-state index is 0.285. The fraction of sp³-hybridized carbons (Fsp3) is 0.714. The summed E-state index contributed by atoms with van der Waals surface area (Å²) in [5, 5.41) is 8.41. The maximum Gasteiger partial charge on any atom is 0.321 e. The summed E-state index contributed by atoms with van der Waals surface area (Å²) in [5.41, 5.74) is 5.23. The Hall–Kier alpha value is -0.750. The summed E-state index contributed by atoms with van der Waals surface area (Å²) in [6.07, 6.45) is 0.285. The zero-order valence-electron chi connectivity index (χ0n) is 7.36. The van der Waals surface area contributed by atoms with Crippen molar-refractivity contribution in [2.24, 2.45) is 5.73 Å². The molecule has 0 saturated heterocycles. The first-order chi connectivity index (χ1) is 6.07. The number of thioether (sulfide) groups is 1. The predicted octanol–water partition coefficient (Wildman–Crippen LogP) is -0.305. The van der Waals surface area contributed by atoms with Crippen LogP contribution in [0, 0.1) is 0 Å². The van der Waals surface area contributed by atoms with E-state index in [0.29, 0.717) is 11.5 Å². The Morgan fingerprint density at radius 3 is 2.69 bits per heavy atom. The van der Waals surface area contributed by atoms with Gasteiger partial charge in [-0.25, -0.2) is 0 Å². The van der Waals surface area contributed by atoms with Crippen molar-refractivity contribution in [3.05, 3.63) is 0 Å². The van der Waals surface area contributed by atoms with E-state index in [2.05, 4.69) is 4.74 Å². The molecule has 0 aromatic rings. The summed E-state index contributed by atoms with van der Waals surface area (Å²) in [6.45, 7) is 0. The van der Waals surface area contributed by atoms with Crippen LogP contribution >= 0.6 is 11.8 Å². The molecule has 0 bridgehead atoms. The Morgan fingerprint density at radius 2 is 2.23 bits per heavy atom. The minimum atomic E-state index is -1.02. The highest BCUT2D eigenvalue weighted by molar-refractivity contribution is 7.99. The number of hydrogen-bond donors (Lipinski definition) is 2. The van der Waals surface area contributed by atoms with Crippen LogP contribution < -0.4 is 5.73 Å². The second-order valence-electron chi connectivity index (χ2n) is 2.35. The standard InChI is InChI=1S/C7H13NO4S/c1-12-6(9)2-3-13-4-5(8)7(10)11/h5H,2-4,8H2,1H3,(H,10,11). The third-order valence-corrected chi connectivity index (χ3v) is 2.38. The Kier molecular flexibility index (Phi) is 6.34. The number of esters is 1. The summed E-state index contributed by atoms with van der Waals surface area (Å²) in [6, 6.07) is -0.859. The second-order valence-corrected chi connectivity index (χ2v) is 3.50. The van der Waals surface area contributed by atoms with Gasteiger partial charge in [0, 0.05) is 11.5 Å². The topological polar surface area (TPSA) is 89.6 Å². The fourth-order valence-corrected chi connectivity index (χ4v) is 1.41. The largest absolute Gasteiger partial charge is 0.480 e. The van der Waals surface area contributed by atoms with E-state index in [0.717, 1.165) is 0 Å². The zero-order chi connectivity index (χ0) is 10.3. The molecule has 13 heavy (non-hydrogen) atoms. The number of carboxylic acids is 1. The van der Waals surface area contributed by atoms with Crippen LogP contribution in [0.15, 0.2) is 0 Å². The van der Waals surface area contributed by atoms with Crippen LogP contribution in [0.5, 0.6) is 0 Å². The van der Waals surface area contributed by atoms with Crippen LogP contribution in [-0.2, 0) is 14.3 Å². The third-order valence-electron chi connectivity index (χ3n) is 1.29. The fourth-order valence-electron chi connectivity index (χ4n) is 0.539. The van der Waals surface area contributed by atoms with E-state index in [1.165, 1.54) is 18.9 Å². The van der Waals surface area contributed by atoms with E-state index in [9.17, 15) is 9.59 Å².